The average molecular weight is 695 g/mol. The first-order chi connectivity index (χ1) is 23.3. The second-order valence-corrected chi connectivity index (χ2v) is 15.5. The number of likely N-dealkylation sites (tertiary alicyclic amines) is 1. The van der Waals surface area contributed by atoms with Crippen LogP contribution in [0.15, 0.2) is 29.6 Å². The summed E-state index contributed by atoms with van der Waals surface area (Å²) in [5.74, 6) is 1.24. The van der Waals surface area contributed by atoms with E-state index < -0.39 is 41.5 Å². The van der Waals surface area contributed by atoms with Gasteiger partial charge in [0.05, 0.1) is 24.4 Å². The van der Waals surface area contributed by atoms with E-state index in [1.165, 1.54) is 22.7 Å². The van der Waals surface area contributed by atoms with Crippen molar-refractivity contribution in [3.05, 3.63) is 29.6 Å². The van der Waals surface area contributed by atoms with Gasteiger partial charge >= 0.3 is 6.09 Å². The Morgan fingerprint density at radius 2 is 1.82 bits per heavy atom. The van der Waals surface area contributed by atoms with Crippen molar-refractivity contribution in [1.29, 1.82) is 0 Å². The van der Waals surface area contributed by atoms with Crippen molar-refractivity contribution < 1.29 is 33.7 Å². The van der Waals surface area contributed by atoms with E-state index in [-0.39, 0.29) is 38.3 Å². The van der Waals surface area contributed by atoms with Gasteiger partial charge in [-0.15, -0.1) is 11.3 Å². The number of hydrogen-bond acceptors (Lipinski definition) is 11. The van der Waals surface area contributed by atoms with Gasteiger partial charge in [-0.3, -0.25) is 9.59 Å². The number of nitrogens with one attached hydrogen (secondary N) is 2. The van der Waals surface area contributed by atoms with Crippen LogP contribution in [0.5, 0.6) is 11.5 Å². The number of anilines is 1. The highest BCUT2D eigenvalue weighted by atomic mass is 32.1. The molecule has 3 heterocycles. The number of pyridine rings is 1. The predicted octanol–water partition coefficient (Wildman–Crippen LogP) is 4.32. The minimum atomic E-state index is -0.958. The van der Waals surface area contributed by atoms with Crippen LogP contribution in [0, 0.1) is 17.3 Å². The lowest BCUT2D eigenvalue weighted by molar-refractivity contribution is -0.141. The second kappa shape index (κ2) is 14.0. The third-order valence-electron chi connectivity index (χ3n) is 9.30. The molecule has 2 aliphatic carbocycles. The molecule has 1 aromatic carbocycles. The van der Waals surface area contributed by atoms with Crippen molar-refractivity contribution in [3.63, 3.8) is 0 Å². The summed E-state index contributed by atoms with van der Waals surface area (Å²) in [5, 5.41) is 18.7. The fourth-order valence-corrected chi connectivity index (χ4v) is 7.66. The van der Waals surface area contributed by atoms with E-state index in [9.17, 15) is 19.5 Å². The van der Waals surface area contributed by atoms with Gasteiger partial charge in [0.15, 0.2) is 5.13 Å². The summed E-state index contributed by atoms with van der Waals surface area (Å²) in [5.41, 5.74) is 6.97. The van der Waals surface area contributed by atoms with E-state index in [0.717, 1.165) is 18.0 Å². The molecule has 5 N–H and O–H groups in total. The Morgan fingerprint density at radius 3 is 2.49 bits per heavy atom. The van der Waals surface area contributed by atoms with E-state index in [1.54, 1.807) is 18.2 Å². The molecule has 2 aromatic heterocycles. The standard InChI is InChI=1S/C35H46N6O7S/c1-18(2)37-33-39-27(17-49-33)26-15-29(24-7-6-21(46-9-8-42)13-25(24)38-26)47-23-14-28(31(36)43)41(16-23)32(44)30(35(3,4)5)40-34(45)48-22-11-19-10-20(19)12-22/h6-7,13,15,17-20,22-23,28,30,42H,8-12,14,16H2,1-5H3,(H2,36,43)(H,37,39)(H,40,45)/t19-,20?,22?,23?,28-,30+/m0/s1. The van der Waals surface area contributed by atoms with Crippen molar-refractivity contribution in [3.8, 4) is 22.9 Å². The van der Waals surface area contributed by atoms with E-state index in [2.05, 4.69) is 10.6 Å². The number of nitrogens with two attached hydrogens (primary N) is 1. The first kappa shape index (κ1) is 34.7. The highest BCUT2D eigenvalue weighted by Crippen LogP contribution is 2.52. The number of fused-ring (bicyclic) bond motifs is 2. The molecule has 3 fully saturated rings. The van der Waals surface area contributed by atoms with Crippen molar-refractivity contribution in [2.75, 3.05) is 25.1 Å². The lowest BCUT2D eigenvalue weighted by Gasteiger charge is -2.35. The molecule has 14 heteroatoms. The van der Waals surface area contributed by atoms with Crippen LogP contribution in [-0.2, 0) is 14.3 Å². The zero-order valence-corrected chi connectivity index (χ0v) is 29.4. The molecule has 2 saturated carbocycles. The molecule has 264 valence electrons. The van der Waals surface area contributed by atoms with Crippen LogP contribution in [0.2, 0.25) is 0 Å². The third-order valence-corrected chi connectivity index (χ3v) is 10.1. The molecule has 3 amide bonds. The largest absolute Gasteiger partial charge is 0.491 e. The number of thiazole rings is 1. The van der Waals surface area contributed by atoms with Crippen molar-refractivity contribution in [2.24, 2.45) is 23.0 Å². The molecule has 49 heavy (non-hydrogen) atoms. The quantitative estimate of drug-likeness (QED) is 0.213. The lowest BCUT2D eigenvalue weighted by atomic mass is 9.85. The van der Waals surface area contributed by atoms with Gasteiger partial charge in [0, 0.05) is 35.4 Å². The molecule has 3 aliphatic rings. The monoisotopic (exact) mass is 694 g/mol. The van der Waals surface area contributed by atoms with Gasteiger partial charge in [-0.05, 0) is 62.5 Å². The lowest BCUT2D eigenvalue weighted by Crippen LogP contribution is -2.57. The van der Waals surface area contributed by atoms with Gasteiger partial charge in [-0.25, -0.2) is 14.8 Å². The van der Waals surface area contributed by atoms with E-state index in [4.69, 9.17) is 29.9 Å². The Labute approximate surface area is 289 Å². The highest BCUT2D eigenvalue weighted by molar-refractivity contribution is 7.14. The molecule has 3 aromatic rings. The van der Waals surface area contributed by atoms with Crippen molar-refractivity contribution >= 4 is 45.3 Å². The summed E-state index contributed by atoms with van der Waals surface area (Å²) in [6, 6.07) is 5.48. The number of carbonyl (C=O) groups excluding carboxylic acids is 3. The average Bonchev–Trinajstić information content (AvgIpc) is 3.37. The van der Waals surface area contributed by atoms with Gasteiger partial charge in [0.2, 0.25) is 11.8 Å². The topological polar surface area (TPSA) is 178 Å². The fraction of sp³-hybridized carbons (Fsp3) is 0.571. The van der Waals surface area contributed by atoms with E-state index in [0.29, 0.717) is 45.6 Å². The maximum atomic E-state index is 14.1. The zero-order chi connectivity index (χ0) is 35.0. The minimum Gasteiger partial charge on any atom is -0.491 e. The number of benzene rings is 1. The number of aliphatic hydroxyl groups excluding tert-OH is 1. The Kier molecular flexibility index (Phi) is 9.90. The molecular formula is C35H46N6O7S. The Morgan fingerprint density at radius 1 is 1.06 bits per heavy atom. The smallest absolute Gasteiger partial charge is 0.408 e. The molecule has 6 rings (SSSR count). The zero-order valence-electron chi connectivity index (χ0n) is 28.6. The van der Waals surface area contributed by atoms with E-state index >= 15 is 0 Å². The van der Waals surface area contributed by atoms with Gasteiger partial charge in [-0.1, -0.05) is 20.8 Å². The third kappa shape index (κ3) is 8.01. The number of ether oxygens (including phenoxy) is 3. The van der Waals surface area contributed by atoms with Gasteiger partial charge in [0.1, 0.15) is 48.1 Å². The molecule has 6 atom stereocenters. The molecule has 3 unspecified atom stereocenters. The maximum absolute atomic E-state index is 14.1. The van der Waals surface area contributed by atoms with Crippen LogP contribution in [-0.4, -0.2) is 88.0 Å². The Balaban J connectivity index is 1.24. The number of alkyl carbamates (subject to hydrolysis) is 1. The van der Waals surface area contributed by atoms with Crippen LogP contribution < -0.4 is 25.8 Å². The van der Waals surface area contributed by atoms with Gasteiger partial charge < -0.3 is 40.6 Å². The summed E-state index contributed by atoms with van der Waals surface area (Å²) >= 11 is 1.47. The minimum absolute atomic E-state index is 0.0811. The number of aliphatic hydroxyl groups is 1. The Hall–Kier alpha value is -4.17. The van der Waals surface area contributed by atoms with Crippen LogP contribution in [0.25, 0.3) is 22.3 Å². The van der Waals surface area contributed by atoms with Crippen LogP contribution >= 0.6 is 11.3 Å². The predicted molar refractivity (Wildman–Crippen MR) is 185 cm³/mol. The van der Waals surface area contributed by atoms with Gasteiger partial charge in [-0.2, -0.15) is 0 Å². The van der Waals surface area contributed by atoms with Crippen molar-refractivity contribution in [1.82, 2.24) is 20.2 Å². The fourth-order valence-electron chi connectivity index (χ4n) is 6.81. The van der Waals surface area contributed by atoms with Gasteiger partial charge in [0.25, 0.3) is 0 Å². The van der Waals surface area contributed by atoms with Crippen LogP contribution in [0.3, 0.4) is 0 Å². The SMILES string of the molecule is CC(C)Nc1nc(-c2cc(OC3C[C@@H](C(N)=O)N(C(=O)[C@@H](NC(=O)OC4CC5C[C@H]5C4)C(C)(C)C)C3)c3ccc(OCCO)cc3n2)cs1. The van der Waals surface area contributed by atoms with E-state index in [1.807, 2.05) is 46.1 Å². The number of aromatic nitrogens is 2. The molecule has 0 bridgehead atoms. The highest BCUT2D eigenvalue weighted by Gasteiger charge is 2.48. The maximum Gasteiger partial charge on any atom is 0.408 e. The molecular weight excluding hydrogens is 648 g/mol. The molecule has 1 aliphatic heterocycles. The number of nitrogens with zero attached hydrogens (tertiary/aromatic N) is 3. The summed E-state index contributed by atoms with van der Waals surface area (Å²) in [6.45, 7) is 9.72. The summed E-state index contributed by atoms with van der Waals surface area (Å²) < 4.78 is 17.9. The number of rotatable bonds is 12. The second-order valence-electron chi connectivity index (χ2n) is 14.7. The van der Waals surface area contributed by atoms with Crippen LogP contribution in [0.1, 0.15) is 60.3 Å². The number of carbonyl (C=O) groups is 3. The van der Waals surface area contributed by atoms with Crippen LogP contribution in [0.4, 0.5) is 9.93 Å². The summed E-state index contributed by atoms with van der Waals surface area (Å²) in [7, 11) is 0. The first-order valence-corrected chi connectivity index (χ1v) is 17.8. The molecule has 0 radical (unpaired) electrons. The summed E-state index contributed by atoms with van der Waals surface area (Å²) in [4.78, 5) is 50.8. The number of primary amides is 1. The van der Waals surface area contributed by atoms with Crippen molar-refractivity contribution in [2.45, 2.75) is 90.6 Å². The first-order valence-electron chi connectivity index (χ1n) is 16.9. The normalized spacial score (nSPS) is 23.7. The molecule has 1 saturated heterocycles. The molecule has 0 spiro atoms. The molecule has 13 nitrogen and oxygen atoms in total. The number of hydrogen-bond donors (Lipinski definition) is 4. The number of amides is 3. The Bertz CT molecular complexity index is 1700. The summed E-state index contributed by atoms with van der Waals surface area (Å²) in [6.07, 6.45) is 1.75.